The van der Waals surface area contributed by atoms with E-state index in [9.17, 15) is 18.4 Å². The van der Waals surface area contributed by atoms with Crippen molar-refractivity contribution in [2.24, 2.45) is 5.92 Å². The number of carbonyl (C=O) groups is 2. The fourth-order valence-electron chi connectivity index (χ4n) is 4.71. The van der Waals surface area contributed by atoms with E-state index in [4.69, 9.17) is 4.52 Å². The maximum atomic E-state index is 14.1. The minimum Gasteiger partial charge on any atom is -0.388 e. The van der Waals surface area contributed by atoms with Crippen LogP contribution in [0.5, 0.6) is 0 Å². The zero-order valence-corrected chi connectivity index (χ0v) is 22.4. The Kier molecular flexibility index (Phi) is 10.1. The molecule has 4 rings (SSSR count). The molecular weight excluding hydrogens is 492 g/mol. The molecule has 0 bridgehead atoms. The number of methoxy groups -OCH3 is 1. The van der Waals surface area contributed by atoms with Crippen LogP contribution in [-0.2, 0) is 14.3 Å². The molecule has 204 valence electrons. The van der Waals surface area contributed by atoms with Gasteiger partial charge in [-0.05, 0) is 48.9 Å². The van der Waals surface area contributed by atoms with E-state index < -0.39 is 23.6 Å². The number of hydrogen-bond donors (Lipinski definition) is 1. The summed E-state index contributed by atoms with van der Waals surface area (Å²) in [7, 11) is 3.25. The highest BCUT2D eigenvalue weighted by atomic mass is 19.1. The minimum absolute atomic E-state index is 0.0171. The Bertz CT molecular complexity index is 1180. The van der Waals surface area contributed by atoms with E-state index >= 15 is 0 Å². The molecule has 1 N–H and O–H groups in total. The average molecular weight is 528 g/mol. The summed E-state index contributed by atoms with van der Waals surface area (Å²) < 4.78 is 37.7. The summed E-state index contributed by atoms with van der Waals surface area (Å²) in [6, 6.07) is 11.3. The molecule has 3 unspecified atom stereocenters. The van der Waals surface area contributed by atoms with Crippen LogP contribution in [0.3, 0.4) is 0 Å². The van der Waals surface area contributed by atoms with E-state index in [1.165, 1.54) is 24.4 Å². The summed E-state index contributed by atoms with van der Waals surface area (Å²) in [5, 5.41) is 6.72. The Morgan fingerprint density at radius 2 is 1.68 bits per heavy atom. The lowest BCUT2D eigenvalue weighted by Gasteiger charge is -2.29. The lowest BCUT2D eigenvalue weighted by atomic mass is 9.91. The molecule has 1 fully saturated rings. The van der Waals surface area contributed by atoms with Gasteiger partial charge in [0.05, 0.1) is 17.8 Å². The summed E-state index contributed by atoms with van der Waals surface area (Å²) in [6.07, 6.45) is 2.83. The van der Waals surface area contributed by atoms with Gasteiger partial charge in [0.25, 0.3) is 0 Å². The van der Waals surface area contributed by atoms with Crippen LogP contribution in [0.4, 0.5) is 8.78 Å². The number of rotatable bonds is 7. The highest BCUT2D eigenvalue weighted by Crippen LogP contribution is 2.31. The maximum absolute atomic E-state index is 14.1. The number of nitrogens with zero attached hydrogens (tertiary/aromatic N) is 2. The van der Waals surface area contributed by atoms with Crippen molar-refractivity contribution >= 4 is 11.8 Å². The van der Waals surface area contributed by atoms with Crippen LogP contribution in [0.25, 0.3) is 11.1 Å². The highest BCUT2D eigenvalue weighted by Gasteiger charge is 2.40. The molecule has 2 amide bonds. The topological polar surface area (TPSA) is 84.7 Å². The number of hydrogen-bond acceptors (Lipinski definition) is 5. The number of benzene rings is 2. The van der Waals surface area contributed by atoms with Crippen LogP contribution in [-0.4, -0.2) is 48.7 Å². The van der Waals surface area contributed by atoms with E-state index in [-0.39, 0.29) is 29.3 Å². The third-order valence-corrected chi connectivity index (χ3v) is 6.56. The molecule has 38 heavy (non-hydrogen) atoms. The van der Waals surface area contributed by atoms with Crippen LogP contribution in [0.1, 0.15) is 56.9 Å². The Balaban J connectivity index is 0.00000127. The van der Waals surface area contributed by atoms with Crippen molar-refractivity contribution in [3.63, 3.8) is 0 Å². The average Bonchev–Trinajstić information content (AvgIpc) is 3.57. The lowest BCUT2D eigenvalue weighted by molar-refractivity contribution is -0.141. The summed E-state index contributed by atoms with van der Waals surface area (Å²) >= 11 is 0. The van der Waals surface area contributed by atoms with Gasteiger partial charge in [0.2, 0.25) is 11.8 Å². The van der Waals surface area contributed by atoms with Gasteiger partial charge in [0.15, 0.2) is 0 Å². The molecular formula is C29H35F2N3O4. The molecule has 2 heterocycles. The second-order valence-electron chi connectivity index (χ2n) is 9.68. The van der Waals surface area contributed by atoms with Crippen molar-refractivity contribution in [1.82, 2.24) is 15.4 Å². The van der Waals surface area contributed by atoms with Crippen LogP contribution < -0.4 is 5.32 Å². The van der Waals surface area contributed by atoms with Crippen LogP contribution in [0.2, 0.25) is 0 Å². The number of amides is 2. The molecule has 0 aliphatic carbocycles. The zero-order valence-electron chi connectivity index (χ0n) is 22.4. The second-order valence-corrected chi connectivity index (χ2v) is 9.68. The molecule has 0 spiro atoms. The number of carbonyl (C=O) groups excluding carboxylic acids is 2. The third-order valence-electron chi connectivity index (χ3n) is 6.56. The first-order chi connectivity index (χ1) is 18.2. The van der Waals surface area contributed by atoms with Crippen molar-refractivity contribution in [2.75, 3.05) is 20.8 Å². The van der Waals surface area contributed by atoms with Gasteiger partial charge in [-0.15, -0.1) is 0 Å². The van der Waals surface area contributed by atoms with Crippen molar-refractivity contribution in [1.29, 1.82) is 0 Å². The number of ether oxygens (including phenoxy) is 1. The molecule has 1 aliphatic heterocycles. The maximum Gasteiger partial charge on any atom is 0.243 e. The smallest absolute Gasteiger partial charge is 0.243 e. The van der Waals surface area contributed by atoms with E-state index in [0.717, 1.165) is 12.0 Å². The number of aromatic nitrogens is 1. The fourth-order valence-corrected chi connectivity index (χ4v) is 4.71. The molecule has 1 saturated heterocycles. The quantitative estimate of drug-likeness (QED) is 0.439. The molecule has 3 aromatic rings. The Labute approximate surface area is 222 Å². The summed E-state index contributed by atoms with van der Waals surface area (Å²) in [4.78, 5) is 28.2. The molecule has 3 atom stereocenters. The molecule has 2 aromatic carbocycles. The zero-order chi connectivity index (χ0) is 27.8. The predicted molar refractivity (Wildman–Crippen MR) is 140 cm³/mol. The highest BCUT2D eigenvalue weighted by molar-refractivity contribution is 5.91. The summed E-state index contributed by atoms with van der Waals surface area (Å²) in [6.45, 7) is 6.22. The van der Waals surface area contributed by atoms with E-state index in [0.29, 0.717) is 24.3 Å². The number of nitrogens with one attached hydrogen (secondary N) is 1. The first kappa shape index (κ1) is 29.0. The van der Waals surface area contributed by atoms with Crippen molar-refractivity contribution in [2.45, 2.75) is 51.6 Å². The van der Waals surface area contributed by atoms with Gasteiger partial charge in [0.1, 0.15) is 29.4 Å². The molecule has 1 aliphatic rings. The number of halogens is 2. The van der Waals surface area contributed by atoms with Crippen LogP contribution in [0.15, 0.2) is 59.3 Å². The normalized spacial score (nSPS) is 16.5. The molecule has 1 aromatic heterocycles. The fraction of sp³-hybridized carbons (Fsp3) is 0.414. The Hall–Kier alpha value is -3.59. The molecule has 7 nitrogen and oxygen atoms in total. The lowest BCUT2D eigenvalue weighted by Crippen LogP contribution is -2.48. The standard InChI is InChI=1S/C27H29F2N3O3.C2H6O/c1-16(2)24(23-13-14-30-35-23)27(34)32-15-5-8-22(32)26(33)31-17(3)18-9-11-19(12-10-18)25-20(28)6-4-7-21(25)29;1-3-2/h4,6-7,9-14,16-17,22,24H,5,8,15H2,1-3H3,(H,31,33);1-2H3. The van der Waals surface area contributed by atoms with Crippen molar-refractivity contribution in [3.8, 4) is 11.1 Å². The van der Waals surface area contributed by atoms with Gasteiger partial charge in [0, 0.05) is 26.8 Å². The molecule has 0 saturated carbocycles. The van der Waals surface area contributed by atoms with Crippen molar-refractivity contribution < 1.29 is 27.6 Å². The van der Waals surface area contributed by atoms with Gasteiger partial charge >= 0.3 is 0 Å². The van der Waals surface area contributed by atoms with Gasteiger partial charge in [-0.3, -0.25) is 9.59 Å². The largest absolute Gasteiger partial charge is 0.388 e. The Morgan fingerprint density at radius 3 is 2.24 bits per heavy atom. The van der Waals surface area contributed by atoms with Crippen LogP contribution in [0, 0.1) is 17.6 Å². The van der Waals surface area contributed by atoms with E-state index in [1.54, 1.807) is 49.5 Å². The predicted octanol–water partition coefficient (Wildman–Crippen LogP) is 5.49. The minimum atomic E-state index is -0.630. The monoisotopic (exact) mass is 527 g/mol. The third kappa shape index (κ3) is 6.64. The Morgan fingerprint density at radius 1 is 1.05 bits per heavy atom. The van der Waals surface area contributed by atoms with Gasteiger partial charge < -0.3 is 19.5 Å². The first-order valence-corrected chi connectivity index (χ1v) is 12.7. The summed E-state index contributed by atoms with van der Waals surface area (Å²) in [5.41, 5.74) is 1.13. The second kappa shape index (κ2) is 13.3. The van der Waals surface area contributed by atoms with Gasteiger partial charge in [-0.2, -0.15) is 0 Å². The van der Waals surface area contributed by atoms with Crippen molar-refractivity contribution in [3.05, 3.63) is 77.7 Å². The van der Waals surface area contributed by atoms with E-state index in [1.807, 2.05) is 20.8 Å². The first-order valence-electron chi connectivity index (χ1n) is 12.7. The number of likely N-dealkylation sites (tertiary alicyclic amines) is 1. The molecule has 0 radical (unpaired) electrons. The van der Waals surface area contributed by atoms with Gasteiger partial charge in [-0.1, -0.05) is 49.3 Å². The SMILES string of the molecule is CC(NC(=O)C1CCCN1C(=O)C(c1ccno1)C(C)C)c1ccc(-c2c(F)cccc2F)cc1.COC. The summed E-state index contributed by atoms with van der Waals surface area (Å²) in [5.74, 6) is -1.65. The van der Waals surface area contributed by atoms with Gasteiger partial charge in [-0.25, -0.2) is 8.78 Å². The van der Waals surface area contributed by atoms with Crippen LogP contribution >= 0.6 is 0 Å². The molecule has 9 heteroatoms. The van der Waals surface area contributed by atoms with E-state index in [2.05, 4.69) is 15.2 Å².